The number of hydrogen-bond acceptors (Lipinski definition) is 4. The Bertz CT molecular complexity index is 1110. The van der Waals surface area contributed by atoms with Gasteiger partial charge in [0.2, 0.25) is 11.8 Å². The highest BCUT2D eigenvalue weighted by atomic mass is 19.1. The first-order valence-electron chi connectivity index (χ1n) is 8.37. The summed E-state index contributed by atoms with van der Waals surface area (Å²) in [5, 5.41) is 0.638. The summed E-state index contributed by atoms with van der Waals surface area (Å²) in [5.74, 6) is -0.478. The Kier molecular flexibility index (Phi) is 4.50. The SMILES string of the molecule is COc1ncccc1Cc1ccc(Cc2c[nH]c3ncc(F)cc23)c(F)n1. The Morgan fingerprint density at radius 3 is 2.74 bits per heavy atom. The number of halogens is 2. The molecular weight excluding hydrogens is 350 g/mol. The second-order valence-electron chi connectivity index (χ2n) is 6.14. The average Bonchev–Trinajstić information content (AvgIpc) is 3.06. The van der Waals surface area contributed by atoms with E-state index in [1.807, 2.05) is 6.07 Å². The fourth-order valence-electron chi connectivity index (χ4n) is 3.05. The van der Waals surface area contributed by atoms with Crippen LogP contribution in [0.15, 0.2) is 48.9 Å². The Morgan fingerprint density at radius 1 is 1.04 bits per heavy atom. The maximum absolute atomic E-state index is 14.5. The van der Waals surface area contributed by atoms with Gasteiger partial charge in [0.15, 0.2) is 0 Å². The molecule has 4 heterocycles. The van der Waals surface area contributed by atoms with E-state index in [4.69, 9.17) is 4.74 Å². The number of fused-ring (bicyclic) bond motifs is 1. The molecule has 0 amide bonds. The van der Waals surface area contributed by atoms with Gasteiger partial charge < -0.3 is 9.72 Å². The predicted octanol–water partition coefficient (Wildman–Crippen LogP) is 3.82. The number of ether oxygens (including phenoxy) is 1. The number of nitrogens with zero attached hydrogens (tertiary/aromatic N) is 3. The minimum Gasteiger partial charge on any atom is -0.481 e. The molecule has 1 N–H and O–H groups in total. The van der Waals surface area contributed by atoms with Crippen LogP contribution in [-0.2, 0) is 12.8 Å². The van der Waals surface area contributed by atoms with E-state index in [1.165, 1.54) is 6.07 Å². The number of nitrogens with one attached hydrogen (secondary N) is 1. The Morgan fingerprint density at radius 2 is 1.93 bits per heavy atom. The van der Waals surface area contributed by atoms with Gasteiger partial charge in [-0.1, -0.05) is 12.1 Å². The van der Waals surface area contributed by atoms with Crippen LogP contribution in [0.4, 0.5) is 8.78 Å². The molecule has 136 valence electrons. The van der Waals surface area contributed by atoms with E-state index in [0.29, 0.717) is 41.0 Å². The van der Waals surface area contributed by atoms with Crippen molar-refractivity contribution in [2.75, 3.05) is 7.11 Å². The normalized spacial score (nSPS) is 11.1. The number of aromatic nitrogens is 4. The van der Waals surface area contributed by atoms with Crippen LogP contribution in [0.25, 0.3) is 11.0 Å². The van der Waals surface area contributed by atoms with Crippen LogP contribution in [0.5, 0.6) is 5.88 Å². The molecule has 0 saturated carbocycles. The third-order valence-electron chi connectivity index (χ3n) is 4.36. The maximum Gasteiger partial charge on any atom is 0.216 e. The van der Waals surface area contributed by atoms with Crippen LogP contribution in [-0.4, -0.2) is 27.0 Å². The van der Waals surface area contributed by atoms with Crippen molar-refractivity contribution in [2.24, 2.45) is 0 Å². The van der Waals surface area contributed by atoms with Crippen molar-refractivity contribution in [3.63, 3.8) is 0 Å². The Balaban J connectivity index is 1.59. The largest absolute Gasteiger partial charge is 0.481 e. The summed E-state index contributed by atoms with van der Waals surface area (Å²) in [6.07, 6.45) is 5.20. The number of H-pyrrole nitrogens is 1. The van der Waals surface area contributed by atoms with E-state index in [9.17, 15) is 8.78 Å². The molecule has 0 aromatic carbocycles. The quantitative estimate of drug-likeness (QED) is 0.546. The summed E-state index contributed by atoms with van der Waals surface area (Å²) in [6.45, 7) is 0. The molecule has 0 saturated heterocycles. The highest BCUT2D eigenvalue weighted by molar-refractivity contribution is 5.79. The highest BCUT2D eigenvalue weighted by Crippen LogP contribution is 2.23. The molecule has 0 aliphatic carbocycles. The van der Waals surface area contributed by atoms with Gasteiger partial charge in [0.1, 0.15) is 11.5 Å². The molecule has 4 rings (SSSR count). The third-order valence-corrected chi connectivity index (χ3v) is 4.36. The average molecular weight is 366 g/mol. The molecular formula is C20H16F2N4O. The summed E-state index contributed by atoms with van der Waals surface area (Å²) < 4.78 is 33.2. The molecule has 7 heteroatoms. The summed E-state index contributed by atoms with van der Waals surface area (Å²) in [6, 6.07) is 8.53. The van der Waals surface area contributed by atoms with E-state index in [-0.39, 0.29) is 0 Å². The number of methoxy groups -OCH3 is 1. The molecule has 0 bridgehead atoms. The van der Waals surface area contributed by atoms with E-state index in [1.54, 1.807) is 37.7 Å². The molecule has 0 atom stereocenters. The number of aromatic amines is 1. The Labute approximate surface area is 154 Å². The van der Waals surface area contributed by atoms with Crippen LogP contribution in [0.2, 0.25) is 0 Å². The topological polar surface area (TPSA) is 63.7 Å². The van der Waals surface area contributed by atoms with Gasteiger partial charge in [-0.3, -0.25) is 0 Å². The maximum atomic E-state index is 14.5. The first-order chi connectivity index (χ1) is 13.1. The molecule has 0 fully saturated rings. The fraction of sp³-hybridized carbons (Fsp3) is 0.150. The third kappa shape index (κ3) is 3.48. The van der Waals surface area contributed by atoms with E-state index < -0.39 is 11.8 Å². The summed E-state index contributed by atoms with van der Waals surface area (Å²) in [4.78, 5) is 15.2. The van der Waals surface area contributed by atoms with Gasteiger partial charge in [0, 0.05) is 47.4 Å². The Hall–Kier alpha value is -3.35. The van der Waals surface area contributed by atoms with E-state index >= 15 is 0 Å². The van der Waals surface area contributed by atoms with Crippen LogP contribution in [0, 0.1) is 11.8 Å². The zero-order valence-corrected chi connectivity index (χ0v) is 14.5. The lowest BCUT2D eigenvalue weighted by Gasteiger charge is -2.08. The first-order valence-corrected chi connectivity index (χ1v) is 8.37. The monoisotopic (exact) mass is 366 g/mol. The van der Waals surface area contributed by atoms with E-state index in [0.717, 1.165) is 17.3 Å². The number of rotatable bonds is 5. The van der Waals surface area contributed by atoms with Gasteiger partial charge in [-0.2, -0.15) is 4.39 Å². The lowest BCUT2D eigenvalue weighted by Crippen LogP contribution is -2.02. The van der Waals surface area contributed by atoms with Crippen molar-refractivity contribution in [3.8, 4) is 5.88 Å². The predicted molar refractivity (Wildman–Crippen MR) is 96.6 cm³/mol. The van der Waals surface area contributed by atoms with Crippen LogP contribution in [0.1, 0.15) is 22.4 Å². The van der Waals surface area contributed by atoms with Gasteiger partial charge in [-0.05, 0) is 23.8 Å². The molecule has 4 aromatic heterocycles. The summed E-state index contributed by atoms with van der Waals surface area (Å²) in [5.41, 5.74) is 3.17. The smallest absolute Gasteiger partial charge is 0.216 e. The number of hydrogen-bond donors (Lipinski definition) is 1. The van der Waals surface area contributed by atoms with Gasteiger partial charge in [0.25, 0.3) is 0 Å². The minimum atomic E-state index is -0.547. The van der Waals surface area contributed by atoms with E-state index in [2.05, 4.69) is 19.9 Å². The van der Waals surface area contributed by atoms with Crippen molar-refractivity contribution in [3.05, 3.63) is 83.1 Å². The summed E-state index contributed by atoms with van der Waals surface area (Å²) in [7, 11) is 1.54. The number of pyridine rings is 3. The van der Waals surface area contributed by atoms with Crippen LogP contribution in [0.3, 0.4) is 0 Å². The van der Waals surface area contributed by atoms with Crippen molar-refractivity contribution in [1.29, 1.82) is 0 Å². The zero-order chi connectivity index (χ0) is 18.8. The molecule has 5 nitrogen and oxygen atoms in total. The lowest BCUT2D eigenvalue weighted by atomic mass is 10.0. The van der Waals surface area contributed by atoms with Crippen molar-refractivity contribution in [2.45, 2.75) is 12.8 Å². The summed E-state index contributed by atoms with van der Waals surface area (Å²) >= 11 is 0. The van der Waals surface area contributed by atoms with Crippen molar-refractivity contribution >= 4 is 11.0 Å². The highest BCUT2D eigenvalue weighted by Gasteiger charge is 2.12. The second-order valence-corrected chi connectivity index (χ2v) is 6.14. The molecule has 0 unspecified atom stereocenters. The first kappa shape index (κ1) is 17.1. The van der Waals surface area contributed by atoms with Crippen molar-refractivity contribution < 1.29 is 13.5 Å². The zero-order valence-electron chi connectivity index (χ0n) is 14.5. The van der Waals surface area contributed by atoms with Crippen molar-refractivity contribution in [1.82, 2.24) is 19.9 Å². The molecule has 4 aromatic rings. The second kappa shape index (κ2) is 7.11. The molecule has 0 radical (unpaired) electrons. The van der Waals surface area contributed by atoms with Crippen LogP contribution >= 0.6 is 0 Å². The van der Waals surface area contributed by atoms with Gasteiger partial charge >= 0.3 is 0 Å². The van der Waals surface area contributed by atoms with Gasteiger partial charge in [-0.15, -0.1) is 0 Å². The van der Waals surface area contributed by atoms with Gasteiger partial charge in [-0.25, -0.2) is 19.3 Å². The standard InChI is InChI=1S/C20H16F2N4O/c1-27-20-13(3-2-6-23-20)8-16-5-4-12(18(22)26-16)7-14-10-24-19-17(14)9-15(21)11-25-19/h2-6,9-11H,7-8H2,1H3,(H,24,25). The fourth-order valence-corrected chi connectivity index (χ4v) is 3.05. The molecule has 27 heavy (non-hydrogen) atoms. The lowest BCUT2D eigenvalue weighted by molar-refractivity contribution is 0.393. The molecule has 0 aliphatic rings. The minimum absolute atomic E-state index is 0.292. The molecule has 0 aliphatic heterocycles. The van der Waals surface area contributed by atoms with Crippen LogP contribution < -0.4 is 4.74 Å². The molecule has 0 spiro atoms. The van der Waals surface area contributed by atoms with Gasteiger partial charge in [0.05, 0.1) is 13.3 Å².